The molecule has 0 spiro atoms. The van der Waals surface area contributed by atoms with Crippen LogP contribution in [-0.2, 0) is 4.79 Å². The molecule has 0 unspecified atom stereocenters. The van der Waals surface area contributed by atoms with Crippen molar-refractivity contribution >= 4 is 39.2 Å². The molecule has 1 saturated heterocycles. The fourth-order valence-corrected chi connectivity index (χ4v) is 3.95. The minimum atomic E-state index is -0.0446. The van der Waals surface area contributed by atoms with Gasteiger partial charge in [0, 0.05) is 58.8 Å². The van der Waals surface area contributed by atoms with Crippen molar-refractivity contribution in [1.82, 2.24) is 19.9 Å². The van der Waals surface area contributed by atoms with Crippen molar-refractivity contribution in [2.45, 2.75) is 5.92 Å². The summed E-state index contributed by atoms with van der Waals surface area (Å²) in [7, 11) is 1.66. The average Bonchev–Trinajstić information content (AvgIpc) is 3.20. The Morgan fingerprint density at radius 3 is 2.93 bits per heavy atom. The van der Waals surface area contributed by atoms with E-state index in [1.54, 1.807) is 18.3 Å². The van der Waals surface area contributed by atoms with E-state index in [-0.39, 0.29) is 11.8 Å². The monoisotopic (exact) mass is 399 g/mol. The van der Waals surface area contributed by atoms with Crippen LogP contribution in [0, 0.1) is 0 Å². The van der Waals surface area contributed by atoms with E-state index < -0.39 is 0 Å². The lowest BCUT2D eigenvalue weighted by Gasteiger charge is -2.39. The topological polar surface area (TPSA) is 83.1 Å². The van der Waals surface area contributed by atoms with Crippen LogP contribution >= 0.6 is 0 Å². The van der Waals surface area contributed by atoms with Crippen LogP contribution in [0.5, 0.6) is 5.75 Å². The number of anilines is 2. The number of methoxy groups -OCH3 is 1. The van der Waals surface area contributed by atoms with E-state index in [4.69, 9.17) is 4.74 Å². The van der Waals surface area contributed by atoms with Gasteiger partial charge in [0.2, 0.25) is 5.91 Å². The second-order valence-corrected chi connectivity index (χ2v) is 7.38. The highest BCUT2D eigenvalue weighted by Gasteiger charge is 2.32. The number of benzene rings is 2. The van der Waals surface area contributed by atoms with Gasteiger partial charge in [0.05, 0.1) is 12.6 Å². The van der Waals surface area contributed by atoms with Crippen molar-refractivity contribution in [1.29, 1.82) is 0 Å². The third kappa shape index (κ3) is 3.04. The highest BCUT2D eigenvalue weighted by atomic mass is 16.5. The Morgan fingerprint density at radius 2 is 2.13 bits per heavy atom. The fraction of sp³-hybridized carbons (Fsp3) is 0.174. The van der Waals surface area contributed by atoms with Crippen molar-refractivity contribution in [3.8, 4) is 5.75 Å². The molecule has 4 aromatic rings. The molecule has 7 nitrogen and oxygen atoms in total. The molecule has 3 heterocycles. The van der Waals surface area contributed by atoms with Crippen LogP contribution in [-0.4, -0.2) is 46.0 Å². The molecule has 1 aliphatic heterocycles. The van der Waals surface area contributed by atoms with Crippen LogP contribution in [0.2, 0.25) is 0 Å². The zero-order valence-electron chi connectivity index (χ0n) is 16.6. The summed E-state index contributed by atoms with van der Waals surface area (Å²) in [5.74, 6) is 1.67. The number of nitrogens with one attached hydrogen (secondary N) is 2. The number of nitrogens with zero attached hydrogens (tertiary/aromatic N) is 3. The zero-order chi connectivity index (χ0) is 20.7. The maximum Gasteiger partial charge on any atom is 0.245 e. The number of carbonyl (C=O) groups is 1. The number of likely N-dealkylation sites (tertiary alicyclic amines) is 1. The molecule has 1 fully saturated rings. The molecular weight excluding hydrogens is 378 g/mol. The Morgan fingerprint density at radius 1 is 1.27 bits per heavy atom. The SMILES string of the molecule is C=CC(=O)N1CC(c2cc3c(Nc4ccc5[nH]ccc5c4)ncnc3cc2OC)C1. The number of hydrogen-bond donors (Lipinski definition) is 2. The molecule has 5 rings (SSSR count). The van der Waals surface area contributed by atoms with E-state index in [1.807, 2.05) is 30.5 Å². The number of ether oxygens (including phenoxy) is 1. The Balaban J connectivity index is 1.51. The molecule has 2 aromatic carbocycles. The molecule has 0 aliphatic carbocycles. The van der Waals surface area contributed by atoms with Gasteiger partial charge in [-0.05, 0) is 36.4 Å². The van der Waals surface area contributed by atoms with Gasteiger partial charge >= 0.3 is 0 Å². The fourth-order valence-electron chi connectivity index (χ4n) is 3.95. The highest BCUT2D eigenvalue weighted by Crippen LogP contribution is 2.38. The number of rotatable bonds is 5. The largest absolute Gasteiger partial charge is 0.496 e. The maximum absolute atomic E-state index is 11.8. The number of fused-ring (bicyclic) bond motifs is 2. The Hall–Kier alpha value is -3.87. The van der Waals surface area contributed by atoms with Gasteiger partial charge in [-0.1, -0.05) is 6.58 Å². The Bertz CT molecular complexity index is 1270. The van der Waals surface area contributed by atoms with Gasteiger partial charge in [-0.3, -0.25) is 4.79 Å². The number of hydrogen-bond acceptors (Lipinski definition) is 5. The summed E-state index contributed by atoms with van der Waals surface area (Å²) in [5, 5.41) is 5.46. The van der Waals surface area contributed by atoms with E-state index in [0.717, 1.165) is 44.6 Å². The standard InChI is InChI=1S/C23H21N5O2/c1-3-22(29)28-11-15(12-28)17-9-18-20(10-21(17)30-2)25-13-26-23(18)27-16-4-5-19-14(8-16)6-7-24-19/h3-10,13,15,24H,1,11-12H2,2H3,(H,25,26,27). The van der Waals surface area contributed by atoms with Gasteiger partial charge < -0.3 is 19.9 Å². The zero-order valence-corrected chi connectivity index (χ0v) is 16.6. The maximum atomic E-state index is 11.8. The van der Waals surface area contributed by atoms with Gasteiger partial charge in [-0.15, -0.1) is 0 Å². The first-order valence-electron chi connectivity index (χ1n) is 9.74. The Kier molecular flexibility index (Phi) is 4.35. The first-order valence-corrected chi connectivity index (χ1v) is 9.74. The number of aromatic nitrogens is 3. The molecule has 7 heteroatoms. The summed E-state index contributed by atoms with van der Waals surface area (Å²) in [6.07, 6.45) is 4.82. The summed E-state index contributed by atoms with van der Waals surface area (Å²) in [6.45, 7) is 4.85. The molecule has 0 bridgehead atoms. The van der Waals surface area contributed by atoms with Crippen molar-refractivity contribution in [3.05, 3.63) is 67.1 Å². The summed E-state index contributed by atoms with van der Waals surface area (Å²) in [6, 6.07) is 12.2. The molecule has 2 N–H and O–H groups in total. The second-order valence-electron chi connectivity index (χ2n) is 7.38. The third-order valence-electron chi connectivity index (χ3n) is 5.61. The van der Waals surface area contributed by atoms with Crippen molar-refractivity contribution in [2.24, 2.45) is 0 Å². The average molecular weight is 399 g/mol. The van der Waals surface area contributed by atoms with Gasteiger partial charge in [-0.2, -0.15) is 0 Å². The van der Waals surface area contributed by atoms with Crippen molar-refractivity contribution in [3.63, 3.8) is 0 Å². The smallest absolute Gasteiger partial charge is 0.245 e. The second kappa shape index (κ2) is 7.18. The van der Waals surface area contributed by atoms with Gasteiger partial charge in [0.1, 0.15) is 17.9 Å². The van der Waals surface area contributed by atoms with Gasteiger partial charge in [0.15, 0.2) is 0 Å². The summed E-state index contributed by atoms with van der Waals surface area (Å²) < 4.78 is 5.62. The lowest BCUT2D eigenvalue weighted by atomic mass is 9.89. The molecular formula is C23H21N5O2. The lowest BCUT2D eigenvalue weighted by Crippen LogP contribution is -2.47. The molecule has 1 aliphatic rings. The predicted molar refractivity (Wildman–Crippen MR) is 117 cm³/mol. The number of aromatic amines is 1. The molecule has 1 amide bonds. The van der Waals surface area contributed by atoms with E-state index in [2.05, 4.69) is 39.0 Å². The third-order valence-corrected chi connectivity index (χ3v) is 5.61. The van der Waals surface area contributed by atoms with E-state index in [0.29, 0.717) is 13.1 Å². The molecule has 2 aromatic heterocycles. The first kappa shape index (κ1) is 18.2. The molecule has 0 radical (unpaired) electrons. The van der Waals surface area contributed by atoms with Crippen LogP contribution in [0.4, 0.5) is 11.5 Å². The van der Waals surface area contributed by atoms with E-state index in [1.165, 1.54) is 6.08 Å². The van der Waals surface area contributed by atoms with Crippen LogP contribution < -0.4 is 10.1 Å². The normalized spacial score (nSPS) is 14.0. The quantitative estimate of drug-likeness (QED) is 0.496. The van der Waals surface area contributed by atoms with Crippen LogP contribution in [0.3, 0.4) is 0 Å². The molecule has 150 valence electrons. The lowest BCUT2D eigenvalue weighted by molar-refractivity contribution is -0.130. The van der Waals surface area contributed by atoms with E-state index in [9.17, 15) is 4.79 Å². The molecule has 0 saturated carbocycles. The minimum absolute atomic E-state index is 0.0446. The first-order chi connectivity index (χ1) is 14.7. The summed E-state index contributed by atoms with van der Waals surface area (Å²) in [5.41, 5.74) is 3.89. The number of carbonyl (C=O) groups excluding carboxylic acids is 1. The van der Waals surface area contributed by atoms with Crippen LogP contribution in [0.15, 0.2) is 61.6 Å². The molecule has 30 heavy (non-hydrogen) atoms. The van der Waals surface area contributed by atoms with Gasteiger partial charge in [0.25, 0.3) is 0 Å². The van der Waals surface area contributed by atoms with Crippen molar-refractivity contribution in [2.75, 3.05) is 25.5 Å². The summed E-state index contributed by atoms with van der Waals surface area (Å²) >= 11 is 0. The van der Waals surface area contributed by atoms with Crippen LogP contribution in [0.25, 0.3) is 21.8 Å². The van der Waals surface area contributed by atoms with Crippen LogP contribution in [0.1, 0.15) is 11.5 Å². The summed E-state index contributed by atoms with van der Waals surface area (Å²) in [4.78, 5) is 25.7. The predicted octanol–water partition coefficient (Wildman–Crippen LogP) is 3.98. The molecule has 0 atom stereocenters. The Labute approximate surface area is 173 Å². The van der Waals surface area contributed by atoms with E-state index >= 15 is 0 Å². The van der Waals surface area contributed by atoms with Gasteiger partial charge in [-0.25, -0.2) is 9.97 Å². The minimum Gasteiger partial charge on any atom is -0.496 e. The number of H-pyrrole nitrogens is 1. The van der Waals surface area contributed by atoms with Crippen molar-refractivity contribution < 1.29 is 9.53 Å². The number of amides is 1. The highest BCUT2D eigenvalue weighted by molar-refractivity contribution is 5.94.